The third-order valence-corrected chi connectivity index (χ3v) is 6.27. The molecule has 35 heavy (non-hydrogen) atoms. The fourth-order valence-corrected chi connectivity index (χ4v) is 4.07. The third kappa shape index (κ3) is 11.3. The summed E-state index contributed by atoms with van der Waals surface area (Å²) in [5, 5.41) is 0. The zero-order valence-corrected chi connectivity index (χ0v) is 21.8. The Morgan fingerprint density at radius 3 is 1.91 bits per heavy atom. The number of hydrogen-bond donors (Lipinski definition) is 0. The molecule has 0 atom stereocenters. The van der Waals surface area contributed by atoms with Crippen LogP contribution in [0.4, 0.5) is 8.78 Å². The lowest BCUT2D eigenvalue weighted by Crippen LogP contribution is -2.00. The van der Waals surface area contributed by atoms with E-state index >= 15 is 0 Å². The van der Waals surface area contributed by atoms with Crippen LogP contribution < -0.4 is 4.74 Å². The molecule has 194 valence electrons. The quantitative estimate of drug-likeness (QED) is 0.185. The van der Waals surface area contributed by atoms with Gasteiger partial charge in [0.1, 0.15) is 0 Å². The molecule has 2 rings (SSSR count). The van der Waals surface area contributed by atoms with E-state index in [9.17, 15) is 8.78 Å². The predicted molar refractivity (Wildman–Crippen MR) is 143 cm³/mol. The lowest BCUT2D eigenvalue weighted by atomic mass is 10.1. The van der Waals surface area contributed by atoms with E-state index in [1.807, 2.05) is 6.08 Å². The maximum atomic E-state index is 14.7. The fourth-order valence-electron chi connectivity index (χ4n) is 4.07. The molecule has 0 fully saturated rings. The minimum absolute atomic E-state index is 0.0604. The smallest absolute Gasteiger partial charge is 0.170 e. The van der Waals surface area contributed by atoms with Gasteiger partial charge in [-0.2, -0.15) is 0 Å². The number of benzene rings is 1. The number of ether oxygens (including phenoxy) is 1. The summed E-state index contributed by atoms with van der Waals surface area (Å²) in [6.07, 6.45) is 24.7. The first kappa shape index (κ1) is 28.9. The Morgan fingerprint density at radius 2 is 1.29 bits per heavy atom. The number of rotatable bonds is 19. The van der Waals surface area contributed by atoms with Crippen LogP contribution in [-0.2, 0) is 0 Å². The van der Waals surface area contributed by atoms with Crippen molar-refractivity contribution in [3.63, 3.8) is 0 Å². The number of hydrogen-bond acceptors (Lipinski definition) is 3. The molecule has 0 saturated heterocycles. The third-order valence-electron chi connectivity index (χ3n) is 6.27. The second-order valence-corrected chi connectivity index (χ2v) is 9.35. The van der Waals surface area contributed by atoms with E-state index in [2.05, 4.69) is 23.8 Å². The maximum Gasteiger partial charge on any atom is 0.170 e. The summed E-state index contributed by atoms with van der Waals surface area (Å²) in [5.41, 5.74) is 0.313. The standard InChI is InChI=1S/C30H44F2N2O/c1-3-5-7-9-11-13-15-17-19-25-20-21-27(29(32)28(25)31)30-33-23-26(24-34-30)35-22-18-16-14-12-10-8-6-4-2/h17,19-21,23-24H,3-16,18,22H2,1-2H3. The van der Waals surface area contributed by atoms with Crippen molar-refractivity contribution in [3.05, 3.63) is 47.8 Å². The highest BCUT2D eigenvalue weighted by Gasteiger charge is 2.15. The van der Waals surface area contributed by atoms with Gasteiger partial charge in [0.05, 0.1) is 24.6 Å². The highest BCUT2D eigenvalue weighted by atomic mass is 19.2. The van der Waals surface area contributed by atoms with Crippen LogP contribution in [0.3, 0.4) is 0 Å². The van der Waals surface area contributed by atoms with Crippen molar-refractivity contribution < 1.29 is 13.5 Å². The molecule has 3 nitrogen and oxygen atoms in total. The van der Waals surface area contributed by atoms with Crippen LogP contribution in [0, 0.1) is 11.6 Å². The van der Waals surface area contributed by atoms with Gasteiger partial charge in [-0.3, -0.25) is 0 Å². The highest BCUT2D eigenvalue weighted by Crippen LogP contribution is 2.25. The minimum Gasteiger partial charge on any atom is -0.490 e. The Kier molecular flexibility index (Phi) is 14.9. The topological polar surface area (TPSA) is 35.0 Å². The van der Waals surface area contributed by atoms with Gasteiger partial charge in [0.25, 0.3) is 0 Å². The van der Waals surface area contributed by atoms with E-state index in [1.165, 1.54) is 83.0 Å². The van der Waals surface area contributed by atoms with E-state index in [0.717, 1.165) is 25.7 Å². The van der Waals surface area contributed by atoms with E-state index in [4.69, 9.17) is 4.74 Å². The van der Waals surface area contributed by atoms with Gasteiger partial charge in [-0.15, -0.1) is 0 Å². The van der Waals surface area contributed by atoms with Crippen LogP contribution in [0.1, 0.15) is 116 Å². The number of allylic oxidation sites excluding steroid dienone is 1. The van der Waals surface area contributed by atoms with Crippen LogP contribution in [0.15, 0.2) is 30.6 Å². The average molecular weight is 487 g/mol. The molecule has 0 bridgehead atoms. The molecule has 0 unspecified atom stereocenters. The largest absolute Gasteiger partial charge is 0.490 e. The first-order valence-corrected chi connectivity index (χ1v) is 13.8. The monoisotopic (exact) mass is 486 g/mol. The molecular weight excluding hydrogens is 442 g/mol. The normalized spacial score (nSPS) is 11.4. The Balaban J connectivity index is 1.76. The van der Waals surface area contributed by atoms with Crippen LogP contribution in [0.25, 0.3) is 17.5 Å². The minimum atomic E-state index is -0.917. The molecule has 2 aromatic rings. The molecule has 0 aliphatic rings. The Hall–Kier alpha value is -2.30. The van der Waals surface area contributed by atoms with E-state index in [-0.39, 0.29) is 17.0 Å². The highest BCUT2D eigenvalue weighted by molar-refractivity contribution is 5.61. The summed E-state index contributed by atoms with van der Waals surface area (Å²) in [4.78, 5) is 8.39. The molecule has 0 aliphatic carbocycles. The number of nitrogens with zero attached hydrogens (tertiary/aromatic N) is 2. The average Bonchev–Trinajstić information content (AvgIpc) is 2.87. The van der Waals surface area contributed by atoms with Gasteiger partial charge >= 0.3 is 0 Å². The van der Waals surface area contributed by atoms with E-state index in [0.29, 0.717) is 12.4 Å². The van der Waals surface area contributed by atoms with Crippen molar-refractivity contribution >= 4 is 6.08 Å². The van der Waals surface area contributed by atoms with E-state index in [1.54, 1.807) is 18.2 Å². The second-order valence-electron chi connectivity index (χ2n) is 9.35. The molecular formula is C30H44F2N2O. The summed E-state index contributed by atoms with van der Waals surface area (Å²) in [6, 6.07) is 3.13. The first-order chi connectivity index (χ1) is 17.2. The van der Waals surface area contributed by atoms with Crippen LogP contribution in [-0.4, -0.2) is 16.6 Å². The Bertz CT molecular complexity index is 852. The molecule has 1 aromatic heterocycles. The summed E-state index contributed by atoms with van der Waals surface area (Å²) < 4.78 is 35.0. The first-order valence-electron chi connectivity index (χ1n) is 13.8. The lowest BCUT2D eigenvalue weighted by Gasteiger charge is -2.08. The van der Waals surface area contributed by atoms with E-state index < -0.39 is 11.6 Å². The summed E-state index contributed by atoms with van der Waals surface area (Å²) in [6.45, 7) is 5.05. The summed E-state index contributed by atoms with van der Waals surface area (Å²) >= 11 is 0. The molecule has 0 spiro atoms. The Labute approximate surface area is 211 Å². The van der Waals surface area contributed by atoms with Gasteiger partial charge in [0.2, 0.25) is 0 Å². The second kappa shape index (κ2) is 18.0. The van der Waals surface area contributed by atoms with Crippen molar-refractivity contribution in [2.24, 2.45) is 0 Å². The summed E-state index contributed by atoms with van der Waals surface area (Å²) in [7, 11) is 0. The zero-order chi connectivity index (χ0) is 25.1. The molecule has 0 aliphatic heterocycles. The molecule has 0 radical (unpaired) electrons. The van der Waals surface area contributed by atoms with Gasteiger partial charge < -0.3 is 4.74 Å². The summed E-state index contributed by atoms with van der Waals surface area (Å²) in [5.74, 6) is -1.07. The van der Waals surface area contributed by atoms with Crippen LogP contribution >= 0.6 is 0 Å². The van der Waals surface area contributed by atoms with Gasteiger partial charge in [0.15, 0.2) is 23.2 Å². The molecule has 1 heterocycles. The van der Waals surface area contributed by atoms with Crippen molar-refractivity contribution in [3.8, 4) is 17.1 Å². The van der Waals surface area contributed by atoms with Crippen molar-refractivity contribution in [1.82, 2.24) is 9.97 Å². The Morgan fingerprint density at radius 1 is 0.714 bits per heavy atom. The number of unbranched alkanes of at least 4 members (excludes halogenated alkanes) is 13. The predicted octanol–water partition coefficient (Wildman–Crippen LogP) is 9.71. The molecule has 0 saturated carbocycles. The number of halogens is 2. The molecule has 0 N–H and O–H groups in total. The lowest BCUT2D eigenvalue weighted by molar-refractivity contribution is 0.302. The zero-order valence-electron chi connectivity index (χ0n) is 21.8. The van der Waals surface area contributed by atoms with Gasteiger partial charge in [-0.25, -0.2) is 18.7 Å². The maximum absolute atomic E-state index is 14.7. The SMILES string of the molecule is CCCCCCCCC=Cc1ccc(-c2ncc(OCCCCCCCCCC)cn2)c(F)c1F. The van der Waals surface area contributed by atoms with Gasteiger partial charge in [0, 0.05) is 5.56 Å². The van der Waals surface area contributed by atoms with Crippen molar-refractivity contribution in [2.45, 2.75) is 110 Å². The van der Waals surface area contributed by atoms with Crippen molar-refractivity contribution in [2.75, 3.05) is 6.61 Å². The van der Waals surface area contributed by atoms with Crippen molar-refractivity contribution in [1.29, 1.82) is 0 Å². The van der Waals surface area contributed by atoms with Gasteiger partial charge in [-0.1, -0.05) is 109 Å². The van der Waals surface area contributed by atoms with Gasteiger partial charge in [-0.05, 0) is 25.3 Å². The van der Waals surface area contributed by atoms with Crippen LogP contribution in [0.2, 0.25) is 0 Å². The fraction of sp³-hybridized carbons (Fsp3) is 0.600. The van der Waals surface area contributed by atoms with Crippen LogP contribution in [0.5, 0.6) is 5.75 Å². The number of aromatic nitrogens is 2. The molecule has 0 amide bonds. The molecule has 1 aromatic carbocycles. The molecule has 5 heteroatoms.